The van der Waals surface area contributed by atoms with Crippen LogP contribution in [0.3, 0.4) is 0 Å². The number of pyridine rings is 1. The van der Waals surface area contributed by atoms with Crippen molar-refractivity contribution in [3.63, 3.8) is 0 Å². The molecule has 0 saturated carbocycles. The molecule has 2 aliphatic heterocycles. The topological polar surface area (TPSA) is 74.7 Å². The summed E-state index contributed by atoms with van der Waals surface area (Å²) in [6.07, 6.45) is 4.33. The van der Waals surface area contributed by atoms with Crippen LogP contribution in [0.4, 0.5) is 5.69 Å². The van der Waals surface area contributed by atoms with Gasteiger partial charge in [-0.3, -0.25) is 9.98 Å². The summed E-state index contributed by atoms with van der Waals surface area (Å²) >= 11 is 0. The zero-order chi connectivity index (χ0) is 19.4. The van der Waals surface area contributed by atoms with Gasteiger partial charge < -0.3 is 10.2 Å². The first-order valence-electron chi connectivity index (χ1n) is 9.85. The molecule has 1 fully saturated rings. The molecule has 3 heterocycles. The first-order valence-corrected chi connectivity index (χ1v) is 11.7. The Balaban J connectivity index is 0.00000240. The summed E-state index contributed by atoms with van der Waals surface area (Å²) in [6, 6.07) is 14.3. The molecule has 4 rings (SSSR count). The van der Waals surface area contributed by atoms with Gasteiger partial charge in [0.1, 0.15) is 0 Å². The van der Waals surface area contributed by atoms with Gasteiger partial charge in [0.25, 0.3) is 0 Å². The predicted octanol–water partition coefficient (Wildman–Crippen LogP) is 2.69. The van der Waals surface area contributed by atoms with Crippen LogP contribution < -0.4 is 10.2 Å². The summed E-state index contributed by atoms with van der Waals surface area (Å²) in [5.74, 6) is 1.51. The molecule has 8 heteroatoms. The second-order valence-electron chi connectivity index (χ2n) is 7.46. The lowest BCUT2D eigenvalue weighted by molar-refractivity contribution is 0.590. The van der Waals surface area contributed by atoms with Crippen molar-refractivity contribution in [3.05, 3.63) is 59.9 Å². The lowest BCUT2D eigenvalue weighted by Crippen LogP contribution is -2.42. The number of fused-ring (bicyclic) bond motifs is 1. The zero-order valence-corrected chi connectivity index (χ0v) is 19.5. The largest absolute Gasteiger partial charge is 0.356 e. The standard InChI is InChI=1S/C21H26N4O2S.HI/c26-28(27)14-10-17(16-28)15-24-21(23-12-8-19-6-3-4-11-22-19)25-13-9-18-5-1-2-7-20(18)25;/h1-7,11,17H,8-10,12-16H2,(H,23,24);1H. The van der Waals surface area contributed by atoms with E-state index in [0.29, 0.717) is 18.7 Å². The Morgan fingerprint density at radius 1 is 1.21 bits per heavy atom. The number of anilines is 1. The number of para-hydroxylation sites is 1. The van der Waals surface area contributed by atoms with Crippen LogP contribution in [0, 0.1) is 5.92 Å². The first-order chi connectivity index (χ1) is 13.6. The second-order valence-corrected chi connectivity index (χ2v) is 9.69. The Bertz CT molecular complexity index is 950. The fraction of sp³-hybridized carbons (Fsp3) is 0.429. The minimum absolute atomic E-state index is 0. The quantitative estimate of drug-likeness (QED) is 0.369. The van der Waals surface area contributed by atoms with E-state index >= 15 is 0 Å². The minimum Gasteiger partial charge on any atom is -0.356 e. The molecule has 6 nitrogen and oxygen atoms in total. The van der Waals surface area contributed by atoms with Gasteiger partial charge in [-0.2, -0.15) is 0 Å². The summed E-state index contributed by atoms with van der Waals surface area (Å²) in [4.78, 5) is 11.4. The highest BCUT2D eigenvalue weighted by Crippen LogP contribution is 2.27. The molecule has 1 unspecified atom stereocenters. The minimum atomic E-state index is -2.88. The van der Waals surface area contributed by atoms with E-state index in [9.17, 15) is 8.42 Å². The normalized spacial score (nSPS) is 20.2. The van der Waals surface area contributed by atoms with Crippen molar-refractivity contribution in [1.29, 1.82) is 0 Å². The highest BCUT2D eigenvalue weighted by Gasteiger charge is 2.28. The number of aromatic nitrogens is 1. The van der Waals surface area contributed by atoms with E-state index in [2.05, 4.69) is 33.4 Å². The van der Waals surface area contributed by atoms with Crippen molar-refractivity contribution in [2.45, 2.75) is 19.3 Å². The SMILES string of the molecule is I.O=S1(=O)CCC(CN=C(NCCc2ccccn2)N2CCc3ccccc32)C1. The van der Waals surface area contributed by atoms with Crippen molar-refractivity contribution in [2.75, 3.05) is 36.0 Å². The monoisotopic (exact) mass is 526 g/mol. The number of nitrogens with zero attached hydrogens (tertiary/aromatic N) is 3. The van der Waals surface area contributed by atoms with Crippen molar-refractivity contribution in [2.24, 2.45) is 10.9 Å². The van der Waals surface area contributed by atoms with Crippen molar-refractivity contribution < 1.29 is 8.42 Å². The molecule has 0 bridgehead atoms. The lowest BCUT2D eigenvalue weighted by Gasteiger charge is -2.23. The van der Waals surface area contributed by atoms with E-state index in [1.165, 1.54) is 11.3 Å². The molecule has 2 aromatic rings. The highest BCUT2D eigenvalue weighted by molar-refractivity contribution is 14.0. The predicted molar refractivity (Wildman–Crippen MR) is 128 cm³/mol. The van der Waals surface area contributed by atoms with Gasteiger partial charge in [0.05, 0.1) is 11.5 Å². The zero-order valence-electron chi connectivity index (χ0n) is 16.3. The Kier molecular flexibility index (Phi) is 7.50. The summed E-state index contributed by atoms with van der Waals surface area (Å²) in [5.41, 5.74) is 3.55. The molecule has 1 aromatic heterocycles. The molecule has 1 N–H and O–H groups in total. The molecule has 2 aliphatic rings. The second kappa shape index (κ2) is 9.88. The lowest BCUT2D eigenvalue weighted by atomic mass is 10.1. The Morgan fingerprint density at radius 2 is 2.03 bits per heavy atom. The van der Waals surface area contributed by atoms with Gasteiger partial charge in [-0.05, 0) is 42.5 Å². The van der Waals surface area contributed by atoms with Gasteiger partial charge >= 0.3 is 0 Å². The van der Waals surface area contributed by atoms with Gasteiger partial charge in [0, 0.05) is 43.6 Å². The molecule has 1 atom stereocenters. The van der Waals surface area contributed by atoms with Crippen LogP contribution in [0.15, 0.2) is 53.7 Å². The van der Waals surface area contributed by atoms with E-state index in [0.717, 1.165) is 37.6 Å². The number of hydrogen-bond acceptors (Lipinski definition) is 4. The summed E-state index contributed by atoms with van der Waals surface area (Å²) in [7, 11) is -2.88. The molecular weight excluding hydrogens is 499 g/mol. The summed E-state index contributed by atoms with van der Waals surface area (Å²) in [6.45, 7) is 2.17. The van der Waals surface area contributed by atoms with Crippen LogP contribution >= 0.6 is 24.0 Å². The van der Waals surface area contributed by atoms with Crippen LogP contribution in [-0.2, 0) is 22.7 Å². The van der Waals surface area contributed by atoms with E-state index in [1.807, 2.05) is 30.5 Å². The maximum atomic E-state index is 11.8. The fourth-order valence-electron chi connectivity index (χ4n) is 3.87. The van der Waals surface area contributed by atoms with Crippen molar-refractivity contribution in [1.82, 2.24) is 10.3 Å². The number of sulfone groups is 1. The maximum Gasteiger partial charge on any atom is 0.198 e. The molecule has 29 heavy (non-hydrogen) atoms. The Morgan fingerprint density at radius 3 is 2.79 bits per heavy atom. The van der Waals surface area contributed by atoms with Crippen molar-refractivity contribution >= 4 is 45.5 Å². The van der Waals surface area contributed by atoms with Gasteiger partial charge in [0.2, 0.25) is 0 Å². The molecule has 0 amide bonds. The number of rotatable bonds is 5. The third-order valence-corrected chi connectivity index (χ3v) is 7.20. The Hall–Kier alpha value is -1.68. The molecule has 156 valence electrons. The number of hydrogen-bond donors (Lipinski definition) is 1. The van der Waals surface area contributed by atoms with Crippen LogP contribution in [-0.4, -0.2) is 50.5 Å². The summed E-state index contributed by atoms with van der Waals surface area (Å²) in [5, 5.41) is 3.48. The van der Waals surface area contributed by atoms with Gasteiger partial charge in [0.15, 0.2) is 15.8 Å². The van der Waals surface area contributed by atoms with Crippen LogP contribution in [0.25, 0.3) is 0 Å². The smallest absolute Gasteiger partial charge is 0.198 e. The first kappa shape index (κ1) is 22.0. The van der Waals surface area contributed by atoms with E-state index in [4.69, 9.17) is 4.99 Å². The van der Waals surface area contributed by atoms with E-state index < -0.39 is 9.84 Å². The number of guanidine groups is 1. The Labute approximate surface area is 189 Å². The molecule has 0 aliphatic carbocycles. The van der Waals surface area contributed by atoms with E-state index in [1.54, 1.807) is 0 Å². The number of aliphatic imine (C=N–C) groups is 1. The third-order valence-electron chi connectivity index (χ3n) is 5.36. The number of halogens is 1. The third kappa shape index (κ3) is 5.69. The van der Waals surface area contributed by atoms with Gasteiger partial charge in [-0.15, -0.1) is 24.0 Å². The van der Waals surface area contributed by atoms with Gasteiger partial charge in [-0.1, -0.05) is 24.3 Å². The number of nitrogens with one attached hydrogen (secondary N) is 1. The average molecular weight is 526 g/mol. The number of benzene rings is 1. The van der Waals surface area contributed by atoms with E-state index in [-0.39, 0.29) is 35.6 Å². The molecule has 0 radical (unpaired) electrons. The highest BCUT2D eigenvalue weighted by atomic mass is 127. The molecule has 1 saturated heterocycles. The van der Waals surface area contributed by atoms with Crippen molar-refractivity contribution in [3.8, 4) is 0 Å². The summed E-state index contributed by atoms with van der Waals surface area (Å²) < 4.78 is 23.5. The maximum absolute atomic E-state index is 11.8. The van der Waals surface area contributed by atoms with Gasteiger partial charge in [-0.25, -0.2) is 8.42 Å². The fourth-order valence-corrected chi connectivity index (χ4v) is 5.72. The van der Waals surface area contributed by atoms with Crippen LogP contribution in [0.1, 0.15) is 17.7 Å². The molecule has 1 aromatic carbocycles. The molecular formula is C21H27IN4O2S. The van der Waals surface area contributed by atoms with Crippen LogP contribution in [0.2, 0.25) is 0 Å². The average Bonchev–Trinajstić information content (AvgIpc) is 3.28. The van der Waals surface area contributed by atoms with Crippen LogP contribution in [0.5, 0.6) is 0 Å². The molecule has 0 spiro atoms.